The Bertz CT molecular complexity index is 1910. The van der Waals surface area contributed by atoms with Gasteiger partial charge in [0.25, 0.3) is 11.5 Å². The third kappa shape index (κ3) is 4.80. The number of hydrogen-bond acceptors (Lipinski definition) is 2. The van der Waals surface area contributed by atoms with Crippen molar-refractivity contribution in [3.05, 3.63) is 142 Å². The molecule has 7 heteroatoms. The number of aromatic amines is 2. The van der Waals surface area contributed by atoms with Crippen molar-refractivity contribution >= 4 is 16.8 Å². The van der Waals surface area contributed by atoms with Gasteiger partial charge in [0.05, 0.1) is 11.3 Å². The van der Waals surface area contributed by atoms with Gasteiger partial charge in [-0.25, -0.2) is 8.78 Å². The second kappa shape index (κ2) is 10.5. The molecule has 6 aromatic rings. The van der Waals surface area contributed by atoms with E-state index in [0.717, 1.165) is 45.3 Å². The highest BCUT2D eigenvalue weighted by Crippen LogP contribution is 2.38. The molecule has 0 fully saturated rings. The molecule has 0 aliphatic rings. The molecule has 4 aromatic carbocycles. The van der Waals surface area contributed by atoms with E-state index in [9.17, 15) is 18.4 Å². The number of hydrogen-bond donors (Lipinski definition) is 3. The Morgan fingerprint density at radius 2 is 1.52 bits per heavy atom. The van der Waals surface area contributed by atoms with E-state index < -0.39 is 17.5 Å². The highest BCUT2D eigenvalue weighted by Gasteiger charge is 2.19. The molecule has 0 radical (unpaired) electrons. The van der Waals surface area contributed by atoms with Gasteiger partial charge in [-0.3, -0.25) is 9.59 Å². The summed E-state index contributed by atoms with van der Waals surface area (Å²) >= 11 is 0. The molecule has 6 rings (SSSR count). The number of amides is 1. The normalized spacial score (nSPS) is 11.1. The van der Waals surface area contributed by atoms with Crippen LogP contribution in [-0.2, 0) is 6.54 Å². The lowest BCUT2D eigenvalue weighted by atomic mass is 9.96. The van der Waals surface area contributed by atoms with Crippen molar-refractivity contribution in [2.75, 3.05) is 0 Å². The van der Waals surface area contributed by atoms with Crippen molar-refractivity contribution < 1.29 is 13.6 Å². The second-order valence-corrected chi connectivity index (χ2v) is 9.41. The molecule has 0 spiro atoms. The Hall–Kier alpha value is -5.30. The number of benzene rings is 4. The molecule has 0 aliphatic heterocycles. The predicted octanol–water partition coefficient (Wildman–Crippen LogP) is 7.07. The molecule has 196 valence electrons. The standard InChI is InChI=1S/C33H23F2N3O2/c34-25-14-12-24(28(35)18-25)19-37-32(39)23-13-15-29-27(17-23)30(31(38-29)26-7-4-16-36-33(26)40)22-10-8-21(9-11-22)20-5-2-1-3-6-20/h1-18,38H,19H2,(H,36,40)(H,37,39). The smallest absolute Gasteiger partial charge is 0.257 e. The lowest BCUT2D eigenvalue weighted by Gasteiger charge is -2.09. The first-order valence-electron chi connectivity index (χ1n) is 12.7. The van der Waals surface area contributed by atoms with Crippen LogP contribution in [0.1, 0.15) is 15.9 Å². The Labute approximate surface area is 228 Å². The third-order valence-electron chi connectivity index (χ3n) is 6.88. The van der Waals surface area contributed by atoms with Crippen molar-refractivity contribution in [1.29, 1.82) is 0 Å². The van der Waals surface area contributed by atoms with Crippen molar-refractivity contribution in [2.45, 2.75) is 6.54 Å². The summed E-state index contributed by atoms with van der Waals surface area (Å²) in [6.45, 7) is -0.0887. The predicted molar refractivity (Wildman–Crippen MR) is 153 cm³/mol. The van der Waals surface area contributed by atoms with E-state index in [1.54, 1.807) is 36.5 Å². The molecule has 0 bridgehead atoms. The van der Waals surface area contributed by atoms with Crippen LogP contribution < -0.4 is 10.9 Å². The molecule has 0 atom stereocenters. The van der Waals surface area contributed by atoms with Crippen LogP contribution in [0.4, 0.5) is 8.78 Å². The average Bonchev–Trinajstić information content (AvgIpc) is 3.36. The summed E-state index contributed by atoms with van der Waals surface area (Å²) in [7, 11) is 0. The Kier molecular flexibility index (Phi) is 6.54. The minimum absolute atomic E-state index is 0.0887. The third-order valence-corrected chi connectivity index (χ3v) is 6.88. The summed E-state index contributed by atoms with van der Waals surface area (Å²) in [5.41, 5.74) is 5.96. The zero-order chi connectivity index (χ0) is 27.6. The fraction of sp³-hybridized carbons (Fsp3) is 0.0303. The minimum Gasteiger partial charge on any atom is -0.354 e. The largest absolute Gasteiger partial charge is 0.354 e. The van der Waals surface area contributed by atoms with E-state index in [0.29, 0.717) is 16.8 Å². The van der Waals surface area contributed by atoms with Gasteiger partial charge in [0, 0.05) is 46.4 Å². The van der Waals surface area contributed by atoms with Crippen molar-refractivity contribution in [3.8, 4) is 33.5 Å². The van der Waals surface area contributed by atoms with Crippen LogP contribution in [0, 0.1) is 11.6 Å². The van der Waals surface area contributed by atoms with Crippen molar-refractivity contribution in [1.82, 2.24) is 15.3 Å². The summed E-state index contributed by atoms with van der Waals surface area (Å²) in [5, 5.41) is 3.46. The summed E-state index contributed by atoms with van der Waals surface area (Å²) in [6, 6.07) is 30.0. The van der Waals surface area contributed by atoms with E-state index in [1.807, 2.05) is 54.6 Å². The lowest BCUT2D eigenvalue weighted by molar-refractivity contribution is 0.0950. The summed E-state index contributed by atoms with van der Waals surface area (Å²) in [4.78, 5) is 31.9. The first-order chi connectivity index (χ1) is 19.5. The summed E-state index contributed by atoms with van der Waals surface area (Å²) < 4.78 is 27.3. The Morgan fingerprint density at radius 1 is 0.775 bits per heavy atom. The van der Waals surface area contributed by atoms with Gasteiger partial charge in [-0.2, -0.15) is 0 Å². The van der Waals surface area contributed by atoms with Crippen LogP contribution in [0.25, 0.3) is 44.4 Å². The summed E-state index contributed by atoms with van der Waals surface area (Å²) in [6.07, 6.45) is 1.58. The van der Waals surface area contributed by atoms with E-state index in [1.165, 1.54) is 6.07 Å². The van der Waals surface area contributed by atoms with Crippen molar-refractivity contribution in [2.24, 2.45) is 0 Å². The van der Waals surface area contributed by atoms with Crippen LogP contribution in [0.15, 0.2) is 114 Å². The maximum atomic E-state index is 14.1. The van der Waals surface area contributed by atoms with Gasteiger partial charge in [-0.1, -0.05) is 60.7 Å². The van der Waals surface area contributed by atoms with Gasteiger partial charge >= 0.3 is 0 Å². The number of fused-ring (bicyclic) bond motifs is 1. The molecule has 2 aromatic heterocycles. The second-order valence-electron chi connectivity index (χ2n) is 9.41. The number of nitrogens with one attached hydrogen (secondary N) is 3. The zero-order valence-corrected chi connectivity index (χ0v) is 21.2. The molecule has 2 heterocycles. The van der Waals surface area contributed by atoms with E-state index in [2.05, 4.69) is 15.3 Å². The Balaban J connectivity index is 1.42. The number of rotatable bonds is 6. The van der Waals surface area contributed by atoms with Crippen LogP contribution in [0.5, 0.6) is 0 Å². The van der Waals surface area contributed by atoms with Gasteiger partial charge in [0.1, 0.15) is 11.6 Å². The molecule has 0 unspecified atom stereocenters. The number of carbonyl (C=O) groups is 1. The van der Waals surface area contributed by atoms with Crippen LogP contribution in [0.3, 0.4) is 0 Å². The molecule has 0 aliphatic carbocycles. The van der Waals surface area contributed by atoms with E-state index in [-0.39, 0.29) is 17.7 Å². The summed E-state index contributed by atoms with van der Waals surface area (Å²) in [5.74, 6) is -1.81. The monoisotopic (exact) mass is 531 g/mol. The van der Waals surface area contributed by atoms with Gasteiger partial charge < -0.3 is 15.3 Å². The molecule has 0 saturated carbocycles. The molecule has 3 N–H and O–H groups in total. The highest BCUT2D eigenvalue weighted by atomic mass is 19.1. The fourth-order valence-electron chi connectivity index (χ4n) is 4.86. The number of carbonyl (C=O) groups excluding carboxylic acids is 1. The average molecular weight is 532 g/mol. The zero-order valence-electron chi connectivity index (χ0n) is 21.2. The Morgan fingerprint density at radius 3 is 2.27 bits per heavy atom. The highest BCUT2D eigenvalue weighted by molar-refractivity contribution is 6.07. The maximum Gasteiger partial charge on any atom is 0.257 e. The fourth-order valence-corrected chi connectivity index (χ4v) is 4.86. The number of aromatic nitrogens is 2. The lowest BCUT2D eigenvalue weighted by Crippen LogP contribution is -2.23. The minimum atomic E-state index is -0.722. The van der Waals surface area contributed by atoms with Crippen LogP contribution in [-0.4, -0.2) is 15.9 Å². The molecule has 1 amide bonds. The van der Waals surface area contributed by atoms with Gasteiger partial charge in [-0.15, -0.1) is 0 Å². The van der Waals surface area contributed by atoms with E-state index >= 15 is 0 Å². The molecule has 40 heavy (non-hydrogen) atoms. The van der Waals surface area contributed by atoms with Gasteiger partial charge in [-0.05, 0) is 53.1 Å². The van der Waals surface area contributed by atoms with Gasteiger partial charge in [0.2, 0.25) is 0 Å². The molecular formula is C33H23F2N3O2. The quantitative estimate of drug-likeness (QED) is 0.215. The maximum absolute atomic E-state index is 14.1. The SMILES string of the molecule is O=C(NCc1ccc(F)cc1F)c1ccc2[nH]c(-c3ccc[nH]c3=O)c(-c3ccc(-c4ccccc4)cc3)c2c1. The molecule has 0 saturated heterocycles. The van der Waals surface area contributed by atoms with Crippen LogP contribution in [0.2, 0.25) is 0 Å². The van der Waals surface area contributed by atoms with Crippen LogP contribution >= 0.6 is 0 Å². The number of pyridine rings is 1. The van der Waals surface area contributed by atoms with Crippen molar-refractivity contribution in [3.63, 3.8) is 0 Å². The number of H-pyrrole nitrogens is 2. The molecular weight excluding hydrogens is 508 g/mol. The molecule has 5 nitrogen and oxygen atoms in total. The topological polar surface area (TPSA) is 77.8 Å². The van der Waals surface area contributed by atoms with Gasteiger partial charge in [0.15, 0.2) is 0 Å². The van der Waals surface area contributed by atoms with E-state index in [4.69, 9.17) is 0 Å². The first-order valence-corrected chi connectivity index (χ1v) is 12.7. The number of halogens is 2. The first kappa shape index (κ1) is 25.0.